The van der Waals surface area contributed by atoms with E-state index >= 15 is 0 Å². The number of amides is 3. The zero-order chi connectivity index (χ0) is 14.4. The number of hydrogen-bond donors (Lipinski definition) is 3. The molecule has 0 fully saturated rings. The molecule has 1 heterocycles. The first-order valence-corrected chi connectivity index (χ1v) is 5.20. The van der Waals surface area contributed by atoms with Gasteiger partial charge in [-0.2, -0.15) is 4.98 Å². The minimum absolute atomic E-state index is 0.0748. The Balaban J connectivity index is 2.55. The first kappa shape index (κ1) is 14.4. The third kappa shape index (κ3) is 5.02. The van der Waals surface area contributed by atoms with Crippen molar-refractivity contribution in [2.75, 3.05) is 13.1 Å². The number of nitrogens with zero attached hydrogens (tertiary/aromatic N) is 3. The van der Waals surface area contributed by atoms with Crippen molar-refractivity contribution in [3.8, 4) is 0 Å². The van der Waals surface area contributed by atoms with Crippen LogP contribution in [0.4, 0.5) is 4.79 Å². The number of aryl methyl sites for hydroxylation is 1. The van der Waals surface area contributed by atoms with Crippen molar-refractivity contribution in [2.45, 2.75) is 13.5 Å². The number of carboxylic acid groups (broad SMARTS) is 1. The molecule has 0 atom stereocenters. The van der Waals surface area contributed by atoms with Crippen molar-refractivity contribution < 1.29 is 24.0 Å². The number of carbonyl (C=O) groups is 3. The molecule has 0 aliphatic carbocycles. The highest BCUT2D eigenvalue weighted by atomic mass is 16.5. The standard InChI is InChI=1S/C9H13N5O5/c1-5-12-7(19-13-5)2-11-9(18)14(3-6(10)15)4-8(16)17/h2-4H2,1H3,(H2,10,15)(H,11,18)(H,16,17). The molecule has 0 bridgehead atoms. The molecule has 0 saturated heterocycles. The molecule has 0 aromatic carbocycles. The Morgan fingerprint density at radius 1 is 1.42 bits per heavy atom. The number of carboxylic acids is 1. The second-order valence-corrected chi connectivity index (χ2v) is 3.61. The van der Waals surface area contributed by atoms with E-state index in [0.717, 1.165) is 4.90 Å². The number of carbonyl (C=O) groups excluding carboxylic acids is 2. The number of nitrogens with one attached hydrogen (secondary N) is 1. The summed E-state index contributed by atoms with van der Waals surface area (Å²) in [6, 6.07) is -0.767. The summed E-state index contributed by atoms with van der Waals surface area (Å²) in [7, 11) is 0. The van der Waals surface area contributed by atoms with Gasteiger partial charge in [-0.1, -0.05) is 5.16 Å². The van der Waals surface area contributed by atoms with Crippen LogP contribution in [0.2, 0.25) is 0 Å². The van der Waals surface area contributed by atoms with Crippen molar-refractivity contribution in [3.05, 3.63) is 11.7 Å². The zero-order valence-corrected chi connectivity index (χ0v) is 10.1. The fraction of sp³-hybridized carbons (Fsp3) is 0.444. The first-order valence-electron chi connectivity index (χ1n) is 5.20. The number of nitrogens with two attached hydrogens (primary N) is 1. The molecule has 3 amide bonds. The van der Waals surface area contributed by atoms with Gasteiger partial charge in [-0.25, -0.2) is 4.79 Å². The Labute approximate surface area is 107 Å². The molecule has 0 spiro atoms. The summed E-state index contributed by atoms with van der Waals surface area (Å²) < 4.78 is 4.75. The highest BCUT2D eigenvalue weighted by Gasteiger charge is 2.19. The zero-order valence-electron chi connectivity index (χ0n) is 10.1. The maximum Gasteiger partial charge on any atom is 0.323 e. The van der Waals surface area contributed by atoms with Gasteiger partial charge in [0.15, 0.2) is 5.82 Å². The highest BCUT2D eigenvalue weighted by Crippen LogP contribution is 1.96. The summed E-state index contributed by atoms with van der Waals surface area (Å²) in [6.45, 7) is 0.395. The largest absolute Gasteiger partial charge is 0.480 e. The molecule has 0 aliphatic rings. The summed E-state index contributed by atoms with van der Waals surface area (Å²) in [5, 5.41) is 14.5. The highest BCUT2D eigenvalue weighted by molar-refractivity contribution is 5.85. The summed E-state index contributed by atoms with van der Waals surface area (Å²) in [5.41, 5.74) is 4.92. The minimum Gasteiger partial charge on any atom is -0.480 e. The van der Waals surface area contributed by atoms with Gasteiger partial charge in [0.2, 0.25) is 11.8 Å². The third-order valence-corrected chi connectivity index (χ3v) is 1.92. The Morgan fingerprint density at radius 2 is 2.11 bits per heavy atom. The van der Waals surface area contributed by atoms with E-state index in [1.807, 2.05) is 0 Å². The average molecular weight is 271 g/mol. The lowest BCUT2D eigenvalue weighted by Gasteiger charge is -2.18. The molecule has 0 saturated carbocycles. The van der Waals surface area contributed by atoms with E-state index in [1.165, 1.54) is 0 Å². The molecule has 0 unspecified atom stereocenters. The van der Waals surface area contributed by atoms with Crippen LogP contribution in [0.5, 0.6) is 0 Å². The maximum absolute atomic E-state index is 11.6. The van der Waals surface area contributed by atoms with Crippen LogP contribution in [-0.2, 0) is 16.1 Å². The van der Waals surface area contributed by atoms with Gasteiger partial charge < -0.3 is 25.6 Å². The molecule has 1 rings (SSSR count). The van der Waals surface area contributed by atoms with E-state index in [9.17, 15) is 14.4 Å². The maximum atomic E-state index is 11.6. The summed E-state index contributed by atoms with van der Waals surface area (Å²) >= 11 is 0. The molecule has 4 N–H and O–H groups in total. The number of hydrogen-bond acceptors (Lipinski definition) is 6. The van der Waals surface area contributed by atoms with Crippen LogP contribution in [-0.4, -0.2) is 51.1 Å². The molecule has 104 valence electrons. The first-order chi connectivity index (χ1) is 8.88. The fourth-order valence-corrected chi connectivity index (χ4v) is 1.23. The number of aliphatic carboxylic acids is 1. The molecule has 0 radical (unpaired) electrons. The van der Waals surface area contributed by atoms with Crippen LogP contribution < -0.4 is 11.1 Å². The van der Waals surface area contributed by atoms with Crippen molar-refractivity contribution in [2.24, 2.45) is 5.73 Å². The van der Waals surface area contributed by atoms with Crippen LogP contribution in [0.1, 0.15) is 11.7 Å². The molecule has 19 heavy (non-hydrogen) atoms. The van der Waals surface area contributed by atoms with Crippen LogP contribution in [0.25, 0.3) is 0 Å². The lowest BCUT2D eigenvalue weighted by atomic mass is 10.4. The second-order valence-electron chi connectivity index (χ2n) is 3.61. The smallest absolute Gasteiger partial charge is 0.323 e. The lowest BCUT2D eigenvalue weighted by molar-refractivity contribution is -0.137. The van der Waals surface area contributed by atoms with E-state index in [4.69, 9.17) is 15.4 Å². The van der Waals surface area contributed by atoms with Gasteiger partial charge in [-0.15, -0.1) is 0 Å². The number of aromatic nitrogens is 2. The topological polar surface area (TPSA) is 152 Å². The van der Waals surface area contributed by atoms with Crippen LogP contribution in [0.3, 0.4) is 0 Å². The molecular weight excluding hydrogens is 258 g/mol. The minimum atomic E-state index is -1.26. The van der Waals surface area contributed by atoms with Gasteiger partial charge >= 0.3 is 12.0 Å². The summed E-state index contributed by atoms with van der Waals surface area (Å²) in [4.78, 5) is 37.5. The SMILES string of the molecule is Cc1noc(CNC(=O)N(CC(N)=O)CC(=O)O)n1. The number of urea groups is 1. The summed E-state index contributed by atoms with van der Waals surface area (Å²) in [6.07, 6.45) is 0. The van der Waals surface area contributed by atoms with Crippen molar-refractivity contribution >= 4 is 17.9 Å². The lowest BCUT2D eigenvalue weighted by Crippen LogP contribution is -2.46. The van der Waals surface area contributed by atoms with E-state index in [2.05, 4.69) is 15.5 Å². The van der Waals surface area contributed by atoms with Gasteiger partial charge in [-0.05, 0) is 6.92 Å². The van der Waals surface area contributed by atoms with Crippen LogP contribution >= 0.6 is 0 Å². The Hall–Kier alpha value is -2.65. The Kier molecular flexibility index (Phi) is 4.80. The normalized spacial score (nSPS) is 9.95. The fourth-order valence-electron chi connectivity index (χ4n) is 1.23. The van der Waals surface area contributed by atoms with Crippen LogP contribution in [0, 0.1) is 6.92 Å². The van der Waals surface area contributed by atoms with Gasteiger partial charge in [-0.3, -0.25) is 9.59 Å². The van der Waals surface area contributed by atoms with E-state index in [1.54, 1.807) is 6.92 Å². The third-order valence-electron chi connectivity index (χ3n) is 1.92. The van der Waals surface area contributed by atoms with Crippen LogP contribution in [0.15, 0.2) is 4.52 Å². The molecular formula is C9H13N5O5. The van der Waals surface area contributed by atoms with E-state index in [-0.39, 0.29) is 12.4 Å². The predicted molar refractivity (Wildman–Crippen MR) is 59.7 cm³/mol. The average Bonchev–Trinajstić information content (AvgIpc) is 2.70. The molecule has 1 aromatic rings. The number of primary amides is 1. The number of rotatable bonds is 6. The predicted octanol–water partition coefficient (Wildman–Crippen LogP) is -1.54. The van der Waals surface area contributed by atoms with Gasteiger partial charge in [0.1, 0.15) is 13.1 Å². The second kappa shape index (κ2) is 6.33. The van der Waals surface area contributed by atoms with E-state index in [0.29, 0.717) is 5.82 Å². The van der Waals surface area contributed by atoms with Crippen molar-refractivity contribution in [1.82, 2.24) is 20.4 Å². The molecule has 10 heteroatoms. The van der Waals surface area contributed by atoms with Crippen molar-refractivity contribution in [1.29, 1.82) is 0 Å². The van der Waals surface area contributed by atoms with Gasteiger partial charge in [0.05, 0.1) is 6.54 Å². The van der Waals surface area contributed by atoms with Gasteiger partial charge in [0.25, 0.3) is 0 Å². The Bertz CT molecular complexity index is 469. The van der Waals surface area contributed by atoms with Crippen molar-refractivity contribution in [3.63, 3.8) is 0 Å². The monoisotopic (exact) mass is 271 g/mol. The molecule has 1 aromatic heterocycles. The quantitative estimate of drug-likeness (QED) is 0.566. The Morgan fingerprint density at radius 3 is 2.58 bits per heavy atom. The van der Waals surface area contributed by atoms with Gasteiger partial charge in [0, 0.05) is 0 Å². The molecule has 10 nitrogen and oxygen atoms in total. The van der Waals surface area contributed by atoms with E-state index < -0.39 is 31.0 Å². The molecule has 0 aliphatic heterocycles. The summed E-state index contributed by atoms with van der Waals surface area (Å²) in [5.74, 6) is -1.50.